The fourth-order valence-electron chi connectivity index (χ4n) is 3.49. The summed E-state index contributed by atoms with van der Waals surface area (Å²) >= 11 is 0. The van der Waals surface area contributed by atoms with E-state index in [1.165, 1.54) is 12.1 Å². The highest BCUT2D eigenvalue weighted by molar-refractivity contribution is 5.46. The van der Waals surface area contributed by atoms with Gasteiger partial charge in [-0.05, 0) is 42.5 Å². The maximum Gasteiger partial charge on any atom is 0.124 e. The fourth-order valence-corrected chi connectivity index (χ4v) is 3.49. The normalized spacial score (nSPS) is 15.9. The molecule has 7 heteroatoms. The zero-order valence-electron chi connectivity index (χ0n) is 17.0. The Labute approximate surface area is 171 Å². The van der Waals surface area contributed by atoms with Crippen LogP contribution in [0, 0.1) is 5.82 Å². The van der Waals surface area contributed by atoms with E-state index in [2.05, 4.69) is 9.80 Å². The molecule has 0 aromatic heterocycles. The molecule has 0 radical (unpaired) electrons. The number of anilines is 1. The van der Waals surface area contributed by atoms with E-state index in [1.54, 1.807) is 26.4 Å². The van der Waals surface area contributed by atoms with Crippen LogP contribution in [0.2, 0.25) is 0 Å². The largest absolute Gasteiger partial charge is 0.497 e. The lowest BCUT2D eigenvalue weighted by molar-refractivity contribution is 0.00862. The van der Waals surface area contributed by atoms with Crippen molar-refractivity contribution in [1.29, 1.82) is 0 Å². The van der Waals surface area contributed by atoms with Gasteiger partial charge in [-0.3, -0.25) is 4.90 Å². The highest BCUT2D eigenvalue weighted by Gasteiger charge is 2.19. The third-order valence-electron chi connectivity index (χ3n) is 5.09. The summed E-state index contributed by atoms with van der Waals surface area (Å²) in [5.41, 5.74) is 1.91. The fraction of sp³-hybridized carbons (Fsp3) is 0.455. The van der Waals surface area contributed by atoms with Gasteiger partial charge in [0.25, 0.3) is 0 Å². The highest BCUT2D eigenvalue weighted by Crippen LogP contribution is 2.24. The molecule has 1 heterocycles. The summed E-state index contributed by atoms with van der Waals surface area (Å²) in [5.74, 6) is 1.25. The number of methoxy groups -OCH3 is 2. The Balaban J connectivity index is 1.40. The van der Waals surface area contributed by atoms with Gasteiger partial charge in [0.2, 0.25) is 0 Å². The third-order valence-corrected chi connectivity index (χ3v) is 5.09. The lowest BCUT2D eigenvalue weighted by Crippen LogP contribution is -2.49. The number of β-amino-alcohol motifs (C(OH)–C–C–N with tert-alkyl or cyclic N) is 1. The van der Waals surface area contributed by atoms with E-state index in [4.69, 9.17) is 14.2 Å². The number of hydrogen-bond acceptors (Lipinski definition) is 6. The third kappa shape index (κ3) is 6.06. The van der Waals surface area contributed by atoms with E-state index in [1.807, 2.05) is 18.2 Å². The summed E-state index contributed by atoms with van der Waals surface area (Å²) in [6.07, 6.45) is -0.566. The second kappa shape index (κ2) is 10.4. The summed E-state index contributed by atoms with van der Waals surface area (Å²) in [6, 6.07) is 12.1. The van der Waals surface area contributed by atoms with E-state index in [9.17, 15) is 9.50 Å². The van der Waals surface area contributed by atoms with Crippen molar-refractivity contribution in [1.82, 2.24) is 4.90 Å². The minimum Gasteiger partial charge on any atom is -0.497 e. The molecule has 2 aromatic carbocycles. The summed E-state index contributed by atoms with van der Waals surface area (Å²) in [6.45, 7) is 4.54. The van der Waals surface area contributed by atoms with Gasteiger partial charge in [-0.25, -0.2) is 4.39 Å². The first-order valence-corrected chi connectivity index (χ1v) is 9.78. The predicted octanol–water partition coefficient (Wildman–Crippen LogP) is 2.54. The molecule has 1 N–H and O–H groups in total. The van der Waals surface area contributed by atoms with Crippen LogP contribution in [0.5, 0.6) is 11.5 Å². The number of hydrogen-bond donors (Lipinski definition) is 1. The number of aliphatic hydroxyl groups is 1. The molecule has 0 aliphatic carbocycles. The molecule has 158 valence electrons. The summed E-state index contributed by atoms with van der Waals surface area (Å²) in [5, 5.41) is 10.3. The molecule has 3 rings (SSSR count). The zero-order chi connectivity index (χ0) is 20.6. The Morgan fingerprint density at radius 3 is 2.38 bits per heavy atom. The van der Waals surface area contributed by atoms with Crippen molar-refractivity contribution < 1.29 is 23.7 Å². The first kappa shape index (κ1) is 21.4. The molecular formula is C22H29FN2O4. The first-order valence-electron chi connectivity index (χ1n) is 9.78. The standard InChI is InChI=1S/C22H29FN2O4/c1-27-21-7-8-22(28-2)17(13-21)15-29-16-20(26)14-24-9-11-25(12-10-24)19-5-3-18(23)4-6-19/h3-8,13,20,26H,9-12,14-16H2,1-2H3/t20-/m1/s1. The number of piperazine rings is 1. The van der Waals surface area contributed by atoms with Crippen molar-refractivity contribution in [2.45, 2.75) is 12.7 Å². The van der Waals surface area contributed by atoms with E-state index in [0.29, 0.717) is 13.2 Å². The van der Waals surface area contributed by atoms with E-state index < -0.39 is 6.10 Å². The molecule has 0 amide bonds. The van der Waals surface area contributed by atoms with Crippen LogP contribution in [0.1, 0.15) is 5.56 Å². The second-order valence-electron chi connectivity index (χ2n) is 7.11. The van der Waals surface area contributed by atoms with E-state index >= 15 is 0 Å². The van der Waals surface area contributed by atoms with Gasteiger partial charge in [-0.15, -0.1) is 0 Å². The Kier molecular flexibility index (Phi) is 7.69. The topological polar surface area (TPSA) is 54.4 Å². The molecule has 1 fully saturated rings. The smallest absolute Gasteiger partial charge is 0.124 e. The van der Waals surface area contributed by atoms with E-state index in [-0.39, 0.29) is 12.4 Å². The van der Waals surface area contributed by atoms with Crippen LogP contribution in [0.15, 0.2) is 42.5 Å². The number of ether oxygens (including phenoxy) is 3. The highest BCUT2D eigenvalue weighted by atomic mass is 19.1. The van der Waals surface area contributed by atoms with Crippen LogP contribution in [-0.4, -0.2) is 69.7 Å². The molecule has 1 saturated heterocycles. The number of rotatable bonds is 9. The first-order chi connectivity index (χ1) is 14.1. The van der Waals surface area contributed by atoms with Gasteiger partial charge in [0.05, 0.1) is 33.5 Å². The van der Waals surface area contributed by atoms with Crippen LogP contribution in [0.3, 0.4) is 0 Å². The zero-order valence-corrected chi connectivity index (χ0v) is 17.0. The Morgan fingerprint density at radius 1 is 1.00 bits per heavy atom. The van der Waals surface area contributed by atoms with Gasteiger partial charge in [-0.2, -0.15) is 0 Å². The Morgan fingerprint density at radius 2 is 1.72 bits per heavy atom. The maximum absolute atomic E-state index is 13.1. The summed E-state index contributed by atoms with van der Waals surface area (Å²) in [7, 11) is 3.23. The second-order valence-corrected chi connectivity index (χ2v) is 7.11. The summed E-state index contributed by atoms with van der Waals surface area (Å²) < 4.78 is 29.4. The van der Waals surface area contributed by atoms with Crippen LogP contribution in [-0.2, 0) is 11.3 Å². The lowest BCUT2D eigenvalue weighted by Gasteiger charge is -2.36. The van der Waals surface area contributed by atoms with Crippen LogP contribution in [0.4, 0.5) is 10.1 Å². The van der Waals surface area contributed by atoms with Crippen LogP contribution in [0.25, 0.3) is 0 Å². The quantitative estimate of drug-likeness (QED) is 0.693. The number of halogens is 1. The number of nitrogens with zero attached hydrogens (tertiary/aromatic N) is 2. The molecular weight excluding hydrogens is 375 g/mol. The molecule has 1 atom stereocenters. The summed E-state index contributed by atoms with van der Waals surface area (Å²) in [4.78, 5) is 4.45. The van der Waals surface area contributed by atoms with Crippen molar-refractivity contribution in [2.24, 2.45) is 0 Å². The molecule has 0 spiro atoms. The molecule has 29 heavy (non-hydrogen) atoms. The monoisotopic (exact) mass is 404 g/mol. The van der Waals surface area contributed by atoms with Gasteiger partial charge in [0.1, 0.15) is 17.3 Å². The molecule has 0 unspecified atom stereocenters. The molecule has 6 nitrogen and oxygen atoms in total. The van der Waals surface area contributed by atoms with Gasteiger partial charge < -0.3 is 24.2 Å². The van der Waals surface area contributed by atoms with Crippen molar-refractivity contribution in [3.63, 3.8) is 0 Å². The van der Waals surface area contributed by atoms with Crippen LogP contribution >= 0.6 is 0 Å². The molecule has 0 bridgehead atoms. The minimum atomic E-state index is -0.566. The van der Waals surface area contributed by atoms with Crippen molar-refractivity contribution in [3.05, 3.63) is 53.8 Å². The molecule has 1 aliphatic rings. The van der Waals surface area contributed by atoms with Gasteiger partial charge in [-0.1, -0.05) is 0 Å². The van der Waals surface area contributed by atoms with Gasteiger partial charge in [0.15, 0.2) is 0 Å². The number of benzene rings is 2. The average molecular weight is 404 g/mol. The molecule has 1 aliphatic heterocycles. The average Bonchev–Trinajstić information content (AvgIpc) is 2.75. The van der Waals surface area contributed by atoms with Crippen LogP contribution < -0.4 is 14.4 Å². The van der Waals surface area contributed by atoms with Crippen molar-refractivity contribution >= 4 is 5.69 Å². The van der Waals surface area contributed by atoms with Gasteiger partial charge >= 0.3 is 0 Å². The van der Waals surface area contributed by atoms with Gasteiger partial charge in [0, 0.05) is 44.0 Å². The Bertz CT molecular complexity index is 764. The number of aliphatic hydroxyl groups excluding tert-OH is 1. The van der Waals surface area contributed by atoms with Crippen molar-refractivity contribution in [3.8, 4) is 11.5 Å². The van der Waals surface area contributed by atoms with E-state index in [0.717, 1.165) is 48.9 Å². The molecule has 0 saturated carbocycles. The maximum atomic E-state index is 13.1. The SMILES string of the molecule is COc1ccc(OC)c(COC[C@H](O)CN2CCN(c3ccc(F)cc3)CC2)c1. The predicted molar refractivity (Wildman–Crippen MR) is 110 cm³/mol. The minimum absolute atomic E-state index is 0.220. The van der Waals surface area contributed by atoms with Crippen molar-refractivity contribution in [2.75, 3.05) is 58.5 Å². The molecule has 2 aromatic rings. The Hall–Kier alpha value is -2.35. The lowest BCUT2D eigenvalue weighted by atomic mass is 10.2.